The lowest BCUT2D eigenvalue weighted by Crippen LogP contribution is -2.43. The average Bonchev–Trinajstić information content (AvgIpc) is 2.60. The summed E-state index contributed by atoms with van der Waals surface area (Å²) in [5.41, 5.74) is 1.18. The van der Waals surface area contributed by atoms with Gasteiger partial charge in [-0.15, -0.1) is 6.58 Å². The molecule has 0 bridgehead atoms. The monoisotopic (exact) mass is 329 g/mol. The molecule has 2 unspecified atom stereocenters. The lowest BCUT2D eigenvalue weighted by Gasteiger charge is -2.29. The number of benzene rings is 1. The minimum absolute atomic E-state index is 0.0324. The minimum Gasteiger partial charge on any atom is -0.376 e. The summed E-state index contributed by atoms with van der Waals surface area (Å²) in [6, 6.07) is 7.45. The molecule has 1 aromatic rings. The first-order chi connectivity index (χ1) is 11.6. The van der Waals surface area contributed by atoms with Gasteiger partial charge in [0.25, 0.3) is 5.91 Å². The highest BCUT2D eigenvalue weighted by Gasteiger charge is 2.22. The predicted octanol–water partition coefficient (Wildman–Crippen LogP) is 2.71. The topological polar surface area (TPSA) is 70.2 Å². The van der Waals surface area contributed by atoms with E-state index in [1.54, 1.807) is 24.3 Å². The zero-order valence-electron chi connectivity index (χ0n) is 14.3. The van der Waals surface area contributed by atoms with Crippen molar-refractivity contribution >= 4 is 17.5 Å². The molecule has 130 valence electrons. The number of hydrogen-bond acceptors (Lipinski definition) is 3. The molecule has 0 saturated heterocycles. The van der Waals surface area contributed by atoms with Crippen molar-refractivity contribution < 1.29 is 9.59 Å². The first kappa shape index (κ1) is 18.0. The summed E-state index contributed by atoms with van der Waals surface area (Å²) in [5, 5.41) is 8.93. The van der Waals surface area contributed by atoms with Crippen molar-refractivity contribution in [3.05, 3.63) is 42.5 Å². The van der Waals surface area contributed by atoms with Crippen molar-refractivity contribution in [2.75, 3.05) is 18.4 Å². The Balaban J connectivity index is 1.90. The largest absolute Gasteiger partial charge is 0.376 e. The third-order valence-electron chi connectivity index (χ3n) is 4.48. The van der Waals surface area contributed by atoms with Gasteiger partial charge in [-0.25, -0.2) is 0 Å². The minimum atomic E-state index is -0.181. The smallest absolute Gasteiger partial charge is 0.253 e. The van der Waals surface area contributed by atoms with Crippen LogP contribution in [0.25, 0.3) is 0 Å². The fraction of sp³-hybridized carbons (Fsp3) is 0.474. The first-order valence-corrected chi connectivity index (χ1v) is 8.63. The maximum atomic E-state index is 12.2. The molecule has 0 radical (unpaired) electrons. The molecule has 0 aromatic heterocycles. The molecule has 2 atom stereocenters. The number of rotatable bonds is 7. The quantitative estimate of drug-likeness (QED) is 0.674. The molecule has 0 aliphatic heterocycles. The Hall–Kier alpha value is -2.30. The molecule has 24 heavy (non-hydrogen) atoms. The Morgan fingerprint density at radius 2 is 2.00 bits per heavy atom. The van der Waals surface area contributed by atoms with E-state index >= 15 is 0 Å². The van der Waals surface area contributed by atoms with Crippen molar-refractivity contribution in [1.29, 1.82) is 0 Å². The summed E-state index contributed by atoms with van der Waals surface area (Å²) < 4.78 is 0. The van der Waals surface area contributed by atoms with Crippen molar-refractivity contribution in [3.8, 4) is 0 Å². The third-order valence-corrected chi connectivity index (χ3v) is 4.48. The van der Waals surface area contributed by atoms with E-state index in [1.807, 2.05) is 6.07 Å². The van der Waals surface area contributed by atoms with E-state index in [4.69, 9.17) is 0 Å². The summed E-state index contributed by atoms with van der Waals surface area (Å²) in [4.78, 5) is 24.3. The summed E-state index contributed by atoms with van der Waals surface area (Å²) >= 11 is 0. The number of amides is 2. The molecular weight excluding hydrogens is 302 g/mol. The lowest BCUT2D eigenvalue weighted by molar-refractivity contribution is -0.120. The lowest BCUT2D eigenvalue weighted by atomic mass is 9.86. The summed E-state index contributed by atoms with van der Waals surface area (Å²) in [6.45, 7) is 6.35. The SMILES string of the molecule is C=CCNC(=O)c1ccccc1NCC(=O)NC1CCCCC1C. The maximum Gasteiger partial charge on any atom is 0.253 e. The van der Waals surface area contributed by atoms with Gasteiger partial charge in [-0.2, -0.15) is 0 Å². The number of anilines is 1. The van der Waals surface area contributed by atoms with Crippen molar-refractivity contribution in [3.63, 3.8) is 0 Å². The molecule has 2 rings (SSSR count). The Morgan fingerprint density at radius 1 is 1.25 bits per heavy atom. The Labute approximate surface area is 143 Å². The van der Waals surface area contributed by atoms with Gasteiger partial charge in [-0.1, -0.05) is 38.0 Å². The van der Waals surface area contributed by atoms with Gasteiger partial charge in [0, 0.05) is 18.3 Å². The molecule has 0 spiro atoms. The average molecular weight is 329 g/mol. The van der Waals surface area contributed by atoms with E-state index in [1.165, 1.54) is 19.3 Å². The van der Waals surface area contributed by atoms with Gasteiger partial charge >= 0.3 is 0 Å². The van der Waals surface area contributed by atoms with Crippen LogP contribution in [-0.2, 0) is 4.79 Å². The fourth-order valence-corrected chi connectivity index (χ4v) is 3.06. The maximum absolute atomic E-state index is 12.2. The van der Waals surface area contributed by atoms with Crippen LogP contribution in [0.2, 0.25) is 0 Å². The molecule has 2 amide bonds. The molecular formula is C19H27N3O2. The third kappa shape index (κ3) is 5.11. The number of hydrogen-bond donors (Lipinski definition) is 3. The van der Waals surface area contributed by atoms with Crippen LogP contribution in [0.4, 0.5) is 5.69 Å². The molecule has 1 aliphatic carbocycles. The van der Waals surface area contributed by atoms with Gasteiger partial charge in [0.05, 0.1) is 12.1 Å². The molecule has 5 nitrogen and oxygen atoms in total. The van der Waals surface area contributed by atoms with Crippen LogP contribution < -0.4 is 16.0 Å². The van der Waals surface area contributed by atoms with Crippen LogP contribution >= 0.6 is 0 Å². The van der Waals surface area contributed by atoms with E-state index in [9.17, 15) is 9.59 Å². The van der Waals surface area contributed by atoms with Gasteiger partial charge in [0.2, 0.25) is 5.91 Å². The highest BCUT2D eigenvalue weighted by molar-refractivity contribution is 6.00. The Kier molecular flexibility index (Phi) is 6.85. The molecule has 1 aromatic carbocycles. The first-order valence-electron chi connectivity index (χ1n) is 8.63. The van der Waals surface area contributed by atoms with Gasteiger partial charge in [-0.05, 0) is 30.9 Å². The van der Waals surface area contributed by atoms with E-state index in [0.717, 1.165) is 6.42 Å². The molecule has 1 aliphatic rings. The van der Waals surface area contributed by atoms with Crippen LogP contribution in [-0.4, -0.2) is 30.9 Å². The molecule has 0 heterocycles. The van der Waals surface area contributed by atoms with Crippen LogP contribution in [0, 0.1) is 5.92 Å². The number of para-hydroxylation sites is 1. The standard InChI is InChI=1S/C19H27N3O2/c1-3-12-20-19(24)15-9-5-7-11-17(15)21-13-18(23)22-16-10-6-4-8-14(16)2/h3,5,7,9,11,14,16,21H,1,4,6,8,10,12-13H2,2H3,(H,20,24)(H,22,23). The predicted molar refractivity (Wildman–Crippen MR) is 97.0 cm³/mol. The second-order valence-corrected chi connectivity index (χ2v) is 6.33. The molecule has 1 saturated carbocycles. The van der Waals surface area contributed by atoms with Crippen LogP contribution in [0.5, 0.6) is 0 Å². The van der Waals surface area contributed by atoms with E-state index < -0.39 is 0 Å². The Bertz CT molecular complexity index is 586. The fourth-order valence-electron chi connectivity index (χ4n) is 3.06. The van der Waals surface area contributed by atoms with Crippen LogP contribution in [0.15, 0.2) is 36.9 Å². The van der Waals surface area contributed by atoms with Crippen LogP contribution in [0.3, 0.4) is 0 Å². The van der Waals surface area contributed by atoms with Crippen molar-refractivity contribution in [2.45, 2.75) is 38.6 Å². The van der Waals surface area contributed by atoms with E-state index in [-0.39, 0.29) is 24.4 Å². The number of carbonyl (C=O) groups is 2. The molecule has 5 heteroatoms. The normalized spacial score (nSPS) is 20.0. The number of carbonyl (C=O) groups excluding carboxylic acids is 2. The summed E-state index contributed by atoms with van der Waals surface area (Å²) in [5.74, 6) is 0.314. The van der Waals surface area contributed by atoms with Gasteiger partial charge in [0.1, 0.15) is 0 Å². The zero-order valence-corrected chi connectivity index (χ0v) is 14.3. The summed E-state index contributed by atoms with van der Waals surface area (Å²) in [7, 11) is 0. The number of nitrogens with one attached hydrogen (secondary N) is 3. The highest BCUT2D eigenvalue weighted by atomic mass is 16.2. The zero-order chi connectivity index (χ0) is 17.4. The molecule has 3 N–H and O–H groups in total. The second kappa shape index (κ2) is 9.11. The van der Waals surface area contributed by atoms with Crippen molar-refractivity contribution in [2.24, 2.45) is 5.92 Å². The summed E-state index contributed by atoms with van der Waals surface area (Å²) in [6.07, 6.45) is 6.28. The second-order valence-electron chi connectivity index (χ2n) is 6.33. The highest BCUT2D eigenvalue weighted by Crippen LogP contribution is 2.23. The molecule has 1 fully saturated rings. The van der Waals surface area contributed by atoms with Gasteiger partial charge in [0.15, 0.2) is 0 Å². The van der Waals surface area contributed by atoms with Crippen LogP contribution in [0.1, 0.15) is 43.0 Å². The van der Waals surface area contributed by atoms with Gasteiger partial charge in [-0.3, -0.25) is 9.59 Å². The Morgan fingerprint density at radius 3 is 2.75 bits per heavy atom. The van der Waals surface area contributed by atoms with E-state index in [0.29, 0.717) is 23.7 Å². The van der Waals surface area contributed by atoms with Gasteiger partial charge < -0.3 is 16.0 Å². The van der Waals surface area contributed by atoms with Crippen molar-refractivity contribution in [1.82, 2.24) is 10.6 Å². The van der Waals surface area contributed by atoms with E-state index in [2.05, 4.69) is 29.5 Å².